The highest BCUT2D eigenvalue weighted by molar-refractivity contribution is 7.09. The quantitative estimate of drug-likeness (QED) is 0.843. The van der Waals surface area contributed by atoms with Gasteiger partial charge in [0.1, 0.15) is 5.01 Å². The van der Waals surface area contributed by atoms with E-state index in [2.05, 4.69) is 39.3 Å². The molecule has 2 aromatic rings. The minimum Gasteiger partial charge on any atom is -0.294 e. The molecular weight excluding hydrogens is 266 g/mol. The number of rotatable bonds is 5. The van der Waals surface area contributed by atoms with Crippen molar-refractivity contribution in [1.29, 1.82) is 0 Å². The number of hydrogen-bond donors (Lipinski definition) is 0. The molecule has 3 nitrogen and oxygen atoms in total. The van der Waals surface area contributed by atoms with Crippen LogP contribution >= 0.6 is 11.3 Å². The Morgan fingerprint density at radius 1 is 1.35 bits per heavy atom. The summed E-state index contributed by atoms with van der Waals surface area (Å²) in [7, 11) is 0. The second-order valence-electron chi connectivity index (χ2n) is 5.54. The molecule has 4 heteroatoms. The van der Waals surface area contributed by atoms with Gasteiger partial charge in [0.05, 0.1) is 6.54 Å². The Bertz CT molecular complexity index is 538. The lowest BCUT2D eigenvalue weighted by atomic mass is 10.0. The number of pyridine rings is 1. The minimum atomic E-state index is 0.715. The lowest BCUT2D eigenvalue weighted by Crippen LogP contribution is -2.29. The molecule has 0 bridgehead atoms. The van der Waals surface area contributed by atoms with Crippen LogP contribution in [0.5, 0.6) is 0 Å². The summed E-state index contributed by atoms with van der Waals surface area (Å²) in [6.45, 7) is 4.31. The van der Waals surface area contributed by atoms with Gasteiger partial charge in [0.2, 0.25) is 0 Å². The molecule has 20 heavy (non-hydrogen) atoms. The van der Waals surface area contributed by atoms with Crippen molar-refractivity contribution in [3.63, 3.8) is 0 Å². The van der Waals surface area contributed by atoms with Gasteiger partial charge in [-0.15, -0.1) is 11.3 Å². The standard InChI is InChI=1S/C16H21N3S/c1-13-11-14(6-7-17-13)4-5-15-3-2-9-19(15)12-16-18-8-10-20-16/h6-8,10-11,15H,2-5,9,12H2,1H3/t15-/m1/s1. The zero-order valence-electron chi connectivity index (χ0n) is 12.0. The topological polar surface area (TPSA) is 29.0 Å². The van der Waals surface area contributed by atoms with Gasteiger partial charge in [-0.25, -0.2) is 4.98 Å². The molecule has 1 aliphatic heterocycles. The maximum Gasteiger partial charge on any atom is 0.107 e. The maximum absolute atomic E-state index is 4.41. The van der Waals surface area contributed by atoms with Gasteiger partial charge in [0.25, 0.3) is 0 Å². The fourth-order valence-electron chi connectivity index (χ4n) is 3.03. The summed E-state index contributed by atoms with van der Waals surface area (Å²) in [6, 6.07) is 5.07. The van der Waals surface area contributed by atoms with Crippen LogP contribution in [0.2, 0.25) is 0 Å². The molecule has 3 heterocycles. The zero-order chi connectivity index (χ0) is 13.8. The number of aromatic nitrogens is 2. The molecule has 1 saturated heterocycles. The minimum absolute atomic E-state index is 0.715. The number of likely N-dealkylation sites (tertiary alicyclic amines) is 1. The largest absolute Gasteiger partial charge is 0.294 e. The van der Waals surface area contributed by atoms with Gasteiger partial charge in [-0.05, 0) is 56.8 Å². The molecule has 0 unspecified atom stereocenters. The summed E-state index contributed by atoms with van der Waals surface area (Å²) in [5.74, 6) is 0. The van der Waals surface area contributed by atoms with E-state index in [0.29, 0.717) is 6.04 Å². The monoisotopic (exact) mass is 287 g/mol. The molecule has 0 aliphatic carbocycles. The van der Waals surface area contributed by atoms with Crippen LogP contribution in [0.1, 0.15) is 35.5 Å². The first-order valence-electron chi connectivity index (χ1n) is 7.35. The first-order valence-corrected chi connectivity index (χ1v) is 8.23. The average molecular weight is 287 g/mol. The van der Waals surface area contributed by atoms with Crippen LogP contribution in [0.3, 0.4) is 0 Å². The lowest BCUT2D eigenvalue weighted by molar-refractivity contribution is 0.234. The van der Waals surface area contributed by atoms with Crippen LogP contribution in [-0.4, -0.2) is 27.5 Å². The molecule has 106 valence electrons. The third-order valence-corrected chi connectivity index (χ3v) is 4.81. The van der Waals surface area contributed by atoms with Crippen molar-refractivity contribution in [2.45, 2.75) is 45.2 Å². The molecule has 3 rings (SSSR count). The number of aryl methyl sites for hydroxylation is 2. The lowest BCUT2D eigenvalue weighted by Gasteiger charge is -2.23. The van der Waals surface area contributed by atoms with Gasteiger partial charge >= 0.3 is 0 Å². The summed E-state index contributed by atoms with van der Waals surface area (Å²) < 4.78 is 0. The van der Waals surface area contributed by atoms with Crippen molar-refractivity contribution in [3.05, 3.63) is 46.2 Å². The van der Waals surface area contributed by atoms with Crippen molar-refractivity contribution in [2.75, 3.05) is 6.54 Å². The molecule has 0 radical (unpaired) electrons. The van der Waals surface area contributed by atoms with Crippen molar-refractivity contribution < 1.29 is 0 Å². The first-order chi connectivity index (χ1) is 9.81. The van der Waals surface area contributed by atoms with Crippen LogP contribution in [0.25, 0.3) is 0 Å². The summed E-state index contributed by atoms with van der Waals surface area (Å²) in [5.41, 5.74) is 2.53. The molecule has 0 N–H and O–H groups in total. The Labute approximate surface area is 124 Å². The zero-order valence-corrected chi connectivity index (χ0v) is 12.8. The van der Waals surface area contributed by atoms with E-state index in [1.807, 2.05) is 12.4 Å². The van der Waals surface area contributed by atoms with Crippen LogP contribution in [0, 0.1) is 6.92 Å². The van der Waals surface area contributed by atoms with Crippen LogP contribution in [-0.2, 0) is 13.0 Å². The van der Waals surface area contributed by atoms with Crippen molar-refractivity contribution in [3.8, 4) is 0 Å². The Kier molecular flexibility index (Phi) is 4.43. The molecule has 1 atom stereocenters. The van der Waals surface area contributed by atoms with E-state index >= 15 is 0 Å². The fourth-order valence-corrected chi connectivity index (χ4v) is 3.67. The molecule has 0 spiro atoms. The number of hydrogen-bond acceptors (Lipinski definition) is 4. The summed E-state index contributed by atoms with van der Waals surface area (Å²) in [5, 5.41) is 3.32. The molecule has 2 aromatic heterocycles. The molecule has 0 saturated carbocycles. The second-order valence-corrected chi connectivity index (χ2v) is 6.52. The number of nitrogens with zero attached hydrogens (tertiary/aromatic N) is 3. The highest BCUT2D eigenvalue weighted by Crippen LogP contribution is 2.24. The van der Waals surface area contributed by atoms with E-state index in [9.17, 15) is 0 Å². The molecule has 0 amide bonds. The Morgan fingerprint density at radius 3 is 3.10 bits per heavy atom. The van der Waals surface area contributed by atoms with Crippen LogP contribution < -0.4 is 0 Å². The molecule has 1 fully saturated rings. The van der Waals surface area contributed by atoms with E-state index in [1.165, 1.54) is 36.4 Å². The van der Waals surface area contributed by atoms with E-state index in [-0.39, 0.29) is 0 Å². The van der Waals surface area contributed by atoms with Crippen LogP contribution in [0.4, 0.5) is 0 Å². The van der Waals surface area contributed by atoms with E-state index in [1.54, 1.807) is 11.3 Å². The van der Waals surface area contributed by atoms with Crippen molar-refractivity contribution in [2.24, 2.45) is 0 Å². The highest BCUT2D eigenvalue weighted by atomic mass is 32.1. The van der Waals surface area contributed by atoms with Gasteiger partial charge < -0.3 is 0 Å². The van der Waals surface area contributed by atoms with E-state index < -0.39 is 0 Å². The predicted octanol–water partition coefficient (Wildman–Crippen LogP) is 3.44. The summed E-state index contributed by atoms with van der Waals surface area (Å²) in [4.78, 5) is 11.3. The Balaban J connectivity index is 1.56. The fraction of sp³-hybridized carbons (Fsp3) is 0.500. The smallest absolute Gasteiger partial charge is 0.107 e. The Hall–Kier alpha value is -1.26. The Morgan fingerprint density at radius 2 is 2.30 bits per heavy atom. The van der Waals surface area contributed by atoms with Crippen molar-refractivity contribution in [1.82, 2.24) is 14.9 Å². The summed E-state index contributed by atoms with van der Waals surface area (Å²) >= 11 is 1.77. The summed E-state index contributed by atoms with van der Waals surface area (Å²) in [6.07, 6.45) is 8.88. The van der Waals surface area contributed by atoms with Crippen molar-refractivity contribution >= 4 is 11.3 Å². The predicted molar refractivity (Wildman–Crippen MR) is 82.8 cm³/mol. The normalized spacial score (nSPS) is 19.6. The first kappa shape index (κ1) is 13.7. The van der Waals surface area contributed by atoms with Crippen LogP contribution in [0.15, 0.2) is 29.9 Å². The highest BCUT2D eigenvalue weighted by Gasteiger charge is 2.24. The molecule has 1 aliphatic rings. The SMILES string of the molecule is Cc1cc(CC[C@H]2CCCN2Cc2nccs2)ccn1. The third kappa shape index (κ3) is 3.44. The van der Waals surface area contributed by atoms with E-state index in [0.717, 1.165) is 18.7 Å². The van der Waals surface area contributed by atoms with Gasteiger partial charge in [-0.2, -0.15) is 0 Å². The van der Waals surface area contributed by atoms with E-state index in [4.69, 9.17) is 0 Å². The number of thiazole rings is 1. The average Bonchev–Trinajstić information content (AvgIpc) is 3.09. The maximum atomic E-state index is 4.41. The molecule has 0 aromatic carbocycles. The van der Waals surface area contributed by atoms with Gasteiger partial charge in [0, 0.05) is 29.5 Å². The van der Waals surface area contributed by atoms with Gasteiger partial charge in [-0.1, -0.05) is 0 Å². The third-order valence-electron chi connectivity index (χ3n) is 4.05. The van der Waals surface area contributed by atoms with Gasteiger partial charge in [-0.3, -0.25) is 9.88 Å². The second kappa shape index (κ2) is 6.46. The molecular formula is C16H21N3S. The van der Waals surface area contributed by atoms with Gasteiger partial charge in [0.15, 0.2) is 0 Å².